The molecule has 0 saturated heterocycles. The predicted molar refractivity (Wildman–Crippen MR) is 164 cm³/mol. The number of fused-ring (bicyclic) bond motifs is 4. The minimum Gasteiger partial charge on any atom is -0.455 e. The lowest BCUT2D eigenvalue weighted by atomic mass is 9.96. The zero-order chi connectivity index (χ0) is 26.5. The van der Waals surface area contributed by atoms with Crippen molar-refractivity contribution in [1.29, 1.82) is 0 Å². The van der Waals surface area contributed by atoms with Crippen LogP contribution in [0.3, 0.4) is 0 Å². The Balaban J connectivity index is 1.27. The van der Waals surface area contributed by atoms with E-state index in [0.29, 0.717) is 0 Å². The van der Waals surface area contributed by atoms with E-state index in [0.717, 1.165) is 72.4 Å². The summed E-state index contributed by atoms with van der Waals surface area (Å²) in [5, 5.41) is 2.28. The van der Waals surface area contributed by atoms with Crippen LogP contribution in [0.5, 0.6) is 0 Å². The smallest absolute Gasteiger partial charge is 0.143 e. The van der Waals surface area contributed by atoms with Crippen molar-refractivity contribution < 1.29 is 4.42 Å². The van der Waals surface area contributed by atoms with Gasteiger partial charge in [0.05, 0.1) is 11.4 Å². The van der Waals surface area contributed by atoms with Crippen LogP contribution in [0.4, 0.5) is 0 Å². The van der Waals surface area contributed by atoms with Crippen molar-refractivity contribution >= 4 is 27.6 Å². The van der Waals surface area contributed by atoms with E-state index >= 15 is 0 Å². The summed E-state index contributed by atoms with van der Waals surface area (Å²) in [7, 11) is 0. The van der Waals surface area contributed by atoms with E-state index < -0.39 is 0 Å². The Morgan fingerprint density at radius 1 is 0.500 bits per heavy atom. The number of pyridine rings is 1. The fraction of sp³-hybridized carbons (Fsp3) is 0. The maximum atomic E-state index is 6.34. The van der Waals surface area contributed by atoms with Crippen LogP contribution in [0.1, 0.15) is 0 Å². The number of hydrogen-bond donors (Lipinski definition) is 0. The van der Waals surface area contributed by atoms with E-state index in [1.54, 1.807) is 0 Å². The molecule has 0 spiro atoms. The molecule has 40 heavy (non-hydrogen) atoms. The third-order valence-electron chi connectivity index (χ3n) is 7.62. The second-order valence-corrected chi connectivity index (χ2v) is 10.0. The number of hydrogen-bond acceptors (Lipinski definition) is 2. The zero-order valence-corrected chi connectivity index (χ0v) is 21.7. The molecule has 3 aromatic heterocycles. The Bertz CT molecular complexity index is 2170. The van der Waals surface area contributed by atoms with Crippen LogP contribution in [-0.4, -0.2) is 9.38 Å². The molecule has 188 valence electrons. The lowest BCUT2D eigenvalue weighted by Gasteiger charge is -2.10. The highest BCUT2D eigenvalue weighted by atomic mass is 16.3. The molecule has 0 bridgehead atoms. The number of para-hydroxylation sites is 2. The molecule has 5 aromatic carbocycles. The van der Waals surface area contributed by atoms with E-state index in [1.165, 1.54) is 0 Å². The van der Waals surface area contributed by atoms with Crippen LogP contribution < -0.4 is 0 Å². The summed E-state index contributed by atoms with van der Waals surface area (Å²) >= 11 is 0. The summed E-state index contributed by atoms with van der Waals surface area (Å²) in [4.78, 5) is 5.01. The topological polar surface area (TPSA) is 30.4 Å². The van der Waals surface area contributed by atoms with Gasteiger partial charge >= 0.3 is 0 Å². The molecule has 3 heterocycles. The van der Waals surface area contributed by atoms with Crippen molar-refractivity contribution in [2.24, 2.45) is 0 Å². The monoisotopic (exact) mass is 512 g/mol. The highest BCUT2D eigenvalue weighted by Crippen LogP contribution is 2.38. The highest BCUT2D eigenvalue weighted by molar-refractivity contribution is 6.09. The lowest BCUT2D eigenvalue weighted by Crippen LogP contribution is -1.90. The van der Waals surface area contributed by atoms with Gasteiger partial charge < -0.3 is 4.42 Å². The van der Waals surface area contributed by atoms with Gasteiger partial charge in [-0.2, -0.15) is 0 Å². The molecule has 0 fully saturated rings. The summed E-state index contributed by atoms with van der Waals surface area (Å²) < 4.78 is 8.52. The van der Waals surface area contributed by atoms with E-state index in [1.807, 2.05) is 24.3 Å². The van der Waals surface area contributed by atoms with Gasteiger partial charge in [0.1, 0.15) is 16.8 Å². The summed E-state index contributed by atoms with van der Waals surface area (Å²) in [6, 6.07) is 48.7. The number of rotatable bonds is 4. The number of benzene rings is 5. The van der Waals surface area contributed by atoms with Gasteiger partial charge in [0.2, 0.25) is 0 Å². The van der Waals surface area contributed by atoms with E-state index in [2.05, 4.69) is 126 Å². The van der Waals surface area contributed by atoms with Gasteiger partial charge in [-0.25, -0.2) is 4.98 Å². The van der Waals surface area contributed by atoms with Crippen LogP contribution in [0.2, 0.25) is 0 Å². The van der Waals surface area contributed by atoms with Gasteiger partial charge in [0, 0.05) is 33.7 Å². The molecule has 8 rings (SSSR count). The van der Waals surface area contributed by atoms with E-state index in [-0.39, 0.29) is 0 Å². The molecule has 0 unspecified atom stereocenters. The lowest BCUT2D eigenvalue weighted by molar-refractivity contribution is 0.670. The third kappa shape index (κ3) is 3.63. The Morgan fingerprint density at radius 2 is 1.15 bits per heavy atom. The van der Waals surface area contributed by atoms with Crippen molar-refractivity contribution in [3.8, 4) is 44.8 Å². The van der Waals surface area contributed by atoms with Crippen LogP contribution in [0, 0.1) is 0 Å². The molecule has 3 nitrogen and oxygen atoms in total. The molecule has 0 amide bonds. The molecule has 0 atom stereocenters. The van der Waals surface area contributed by atoms with E-state index in [4.69, 9.17) is 9.40 Å². The minimum atomic E-state index is 0.913. The van der Waals surface area contributed by atoms with Gasteiger partial charge in [-0.1, -0.05) is 109 Å². The summed E-state index contributed by atoms with van der Waals surface area (Å²) in [5.74, 6) is 0. The molecule has 0 aliphatic rings. The molecule has 0 saturated carbocycles. The molecule has 0 N–H and O–H groups in total. The van der Waals surface area contributed by atoms with Gasteiger partial charge in [-0.3, -0.25) is 4.40 Å². The molecular formula is C37H24N2O. The summed E-state index contributed by atoms with van der Waals surface area (Å²) in [6.45, 7) is 0. The van der Waals surface area contributed by atoms with Crippen molar-refractivity contribution in [2.45, 2.75) is 0 Å². The minimum absolute atomic E-state index is 0.913. The maximum absolute atomic E-state index is 6.34. The first-order valence-electron chi connectivity index (χ1n) is 13.5. The van der Waals surface area contributed by atoms with Gasteiger partial charge in [0.25, 0.3) is 0 Å². The zero-order valence-electron chi connectivity index (χ0n) is 21.7. The van der Waals surface area contributed by atoms with Crippen LogP contribution in [0.25, 0.3) is 72.4 Å². The first-order valence-corrected chi connectivity index (χ1v) is 13.5. The normalized spacial score (nSPS) is 11.5. The first-order chi connectivity index (χ1) is 19.8. The summed E-state index contributed by atoms with van der Waals surface area (Å²) in [5.41, 5.74) is 11.6. The van der Waals surface area contributed by atoms with Crippen LogP contribution in [-0.2, 0) is 0 Å². The second kappa shape index (κ2) is 9.11. The second-order valence-electron chi connectivity index (χ2n) is 10.0. The van der Waals surface area contributed by atoms with Gasteiger partial charge in [0.15, 0.2) is 0 Å². The molecule has 0 radical (unpaired) electrons. The maximum Gasteiger partial charge on any atom is 0.143 e. The Labute approximate surface area is 231 Å². The quantitative estimate of drug-likeness (QED) is 0.235. The van der Waals surface area contributed by atoms with Crippen LogP contribution in [0.15, 0.2) is 150 Å². The highest BCUT2D eigenvalue weighted by Gasteiger charge is 2.17. The Morgan fingerprint density at radius 3 is 2.02 bits per heavy atom. The number of aromatic nitrogens is 2. The van der Waals surface area contributed by atoms with Crippen molar-refractivity contribution in [2.75, 3.05) is 0 Å². The fourth-order valence-corrected chi connectivity index (χ4v) is 5.76. The molecular weight excluding hydrogens is 488 g/mol. The molecule has 8 aromatic rings. The third-order valence-corrected chi connectivity index (χ3v) is 7.62. The standard InChI is InChI=1S/C37H24N2O/c1-2-11-25(12-3-1)35-36(39-22-7-6-21-34(39)38-35)29-16-9-14-27(24-29)26-13-8-15-28(23-26)30-18-10-19-32-31-17-4-5-20-33(31)40-37(30)32/h1-24H. The number of nitrogens with zero attached hydrogens (tertiary/aromatic N) is 2. The van der Waals surface area contributed by atoms with Crippen molar-refractivity contribution in [1.82, 2.24) is 9.38 Å². The predicted octanol–water partition coefficient (Wildman–Crippen LogP) is 9.90. The SMILES string of the molecule is c1ccc(-c2nc3ccccn3c2-c2cccc(-c3cccc(-c4cccc5c4oc4ccccc45)c3)c2)cc1. The van der Waals surface area contributed by atoms with Gasteiger partial charge in [-0.15, -0.1) is 0 Å². The van der Waals surface area contributed by atoms with Crippen LogP contribution >= 0.6 is 0 Å². The summed E-state index contributed by atoms with van der Waals surface area (Å²) in [6.07, 6.45) is 2.09. The average Bonchev–Trinajstić information content (AvgIpc) is 3.61. The average molecular weight is 513 g/mol. The molecule has 3 heteroatoms. The van der Waals surface area contributed by atoms with Crippen molar-refractivity contribution in [3.63, 3.8) is 0 Å². The first kappa shape index (κ1) is 22.6. The largest absolute Gasteiger partial charge is 0.455 e. The fourth-order valence-electron chi connectivity index (χ4n) is 5.76. The molecule has 0 aliphatic heterocycles. The Kier molecular flexibility index (Phi) is 5.14. The van der Waals surface area contributed by atoms with Crippen molar-refractivity contribution in [3.05, 3.63) is 146 Å². The Hall–Kier alpha value is -5.41. The van der Waals surface area contributed by atoms with Gasteiger partial charge in [-0.05, 0) is 47.0 Å². The number of furan rings is 1. The molecule has 0 aliphatic carbocycles. The van der Waals surface area contributed by atoms with E-state index in [9.17, 15) is 0 Å². The number of imidazole rings is 1.